The van der Waals surface area contributed by atoms with Crippen LogP contribution in [0.5, 0.6) is 0 Å². The van der Waals surface area contributed by atoms with Gasteiger partial charge in [0.2, 0.25) is 0 Å². The molecule has 0 radical (unpaired) electrons. The van der Waals surface area contributed by atoms with Crippen molar-refractivity contribution in [2.75, 3.05) is 5.32 Å². The molecule has 0 saturated heterocycles. The number of benzene rings is 2. The lowest BCUT2D eigenvalue weighted by Gasteiger charge is -2.08. The van der Waals surface area contributed by atoms with Gasteiger partial charge in [0.25, 0.3) is 5.91 Å². The Morgan fingerprint density at radius 1 is 1.16 bits per heavy atom. The number of rotatable bonds is 2. The van der Waals surface area contributed by atoms with Crippen LogP contribution in [-0.4, -0.2) is 5.91 Å². The molecule has 0 heterocycles. The summed E-state index contributed by atoms with van der Waals surface area (Å²) in [7, 11) is 0. The zero-order chi connectivity index (χ0) is 14.0. The van der Waals surface area contributed by atoms with Crippen molar-refractivity contribution in [2.45, 2.75) is 0 Å². The van der Waals surface area contributed by atoms with Gasteiger partial charge in [0, 0.05) is 10.2 Å². The molecule has 0 aliphatic carbocycles. The van der Waals surface area contributed by atoms with Gasteiger partial charge in [-0.3, -0.25) is 4.79 Å². The highest BCUT2D eigenvalue weighted by Gasteiger charge is 2.12. The lowest BCUT2D eigenvalue weighted by atomic mass is 10.2. The van der Waals surface area contributed by atoms with Crippen LogP contribution in [0, 0.1) is 5.82 Å². The Labute approximate surface area is 127 Å². The predicted octanol–water partition coefficient (Wildman–Crippen LogP) is 5.15. The quantitative estimate of drug-likeness (QED) is 0.735. The minimum absolute atomic E-state index is 0.144. The van der Waals surface area contributed by atoms with Gasteiger partial charge in [0.15, 0.2) is 5.82 Å². The number of nitrogens with one attached hydrogen (secondary N) is 1. The summed E-state index contributed by atoms with van der Waals surface area (Å²) in [4.78, 5) is 12.0. The zero-order valence-electron chi connectivity index (χ0n) is 9.38. The van der Waals surface area contributed by atoms with Gasteiger partial charge < -0.3 is 5.32 Å². The molecule has 98 valence electrons. The fraction of sp³-hybridized carbons (Fsp3) is 0. The maximum atomic E-state index is 13.3. The molecular formula is C13H7BrCl2FNO. The molecule has 1 amide bonds. The van der Waals surface area contributed by atoms with E-state index in [1.807, 2.05) is 0 Å². The fourth-order valence-corrected chi connectivity index (χ4v) is 2.42. The summed E-state index contributed by atoms with van der Waals surface area (Å²) in [6.45, 7) is 0. The van der Waals surface area contributed by atoms with Crippen molar-refractivity contribution >= 4 is 50.7 Å². The number of halogens is 4. The molecule has 0 saturated carbocycles. The van der Waals surface area contributed by atoms with Crippen molar-refractivity contribution in [3.05, 3.63) is 62.3 Å². The smallest absolute Gasteiger partial charge is 0.256 e. The highest BCUT2D eigenvalue weighted by Crippen LogP contribution is 2.28. The number of amides is 1. The summed E-state index contributed by atoms with van der Waals surface area (Å²) in [5, 5.41) is 2.32. The van der Waals surface area contributed by atoms with E-state index in [4.69, 9.17) is 23.2 Å². The molecule has 19 heavy (non-hydrogen) atoms. The van der Waals surface area contributed by atoms with Crippen LogP contribution in [0.25, 0.3) is 0 Å². The van der Waals surface area contributed by atoms with Gasteiger partial charge >= 0.3 is 0 Å². The Kier molecular flexibility index (Phi) is 4.45. The van der Waals surface area contributed by atoms with Crippen molar-refractivity contribution in [3.8, 4) is 0 Å². The minimum atomic E-state index is -0.706. The molecule has 0 unspecified atom stereocenters. The Hall–Kier alpha value is -1.10. The first-order valence-corrected chi connectivity index (χ1v) is 6.74. The average Bonchev–Trinajstić information content (AvgIpc) is 2.36. The normalized spacial score (nSPS) is 10.3. The Morgan fingerprint density at radius 3 is 2.32 bits per heavy atom. The molecule has 6 heteroatoms. The summed E-state index contributed by atoms with van der Waals surface area (Å²) in [5.41, 5.74) is 0.788. The number of carbonyl (C=O) groups is 1. The Balaban J connectivity index is 2.27. The summed E-state index contributed by atoms with van der Waals surface area (Å²) in [6, 6.07) is 9.55. The third-order valence-corrected chi connectivity index (χ3v) is 3.60. The van der Waals surface area contributed by atoms with Gasteiger partial charge in [-0.05, 0) is 40.2 Å². The SMILES string of the molecule is O=C(Nc1cc(Cl)c(F)c(Cl)c1)c1ccccc1Br. The maximum absolute atomic E-state index is 13.3. The van der Waals surface area contributed by atoms with E-state index in [-0.39, 0.29) is 16.0 Å². The number of carbonyl (C=O) groups excluding carboxylic acids is 1. The molecule has 0 aliphatic rings. The maximum Gasteiger partial charge on any atom is 0.256 e. The first kappa shape index (κ1) is 14.3. The minimum Gasteiger partial charge on any atom is -0.322 e. The van der Waals surface area contributed by atoms with Crippen molar-refractivity contribution in [2.24, 2.45) is 0 Å². The topological polar surface area (TPSA) is 29.1 Å². The van der Waals surface area contributed by atoms with Crippen LogP contribution in [0.2, 0.25) is 10.0 Å². The van der Waals surface area contributed by atoms with Crippen LogP contribution < -0.4 is 5.32 Å². The lowest BCUT2D eigenvalue weighted by Crippen LogP contribution is -2.12. The van der Waals surface area contributed by atoms with Gasteiger partial charge in [-0.15, -0.1) is 0 Å². The molecule has 2 aromatic rings. The highest BCUT2D eigenvalue weighted by molar-refractivity contribution is 9.10. The van der Waals surface area contributed by atoms with Gasteiger partial charge in [-0.2, -0.15) is 0 Å². The van der Waals surface area contributed by atoms with Crippen LogP contribution in [0.3, 0.4) is 0 Å². The summed E-state index contributed by atoms with van der Waals surface area (Å²) >= 11 is 14.6. The second kappa shape index (κ2) is 5.90. The lowest BCUT2D eigenvalue weighted by molar-refractivity contribution is 0.102. The van der Waals surface area contributed by atoms with Crippen molar-refractivity contribution in [1.29, 1.82) is 0 Å². The number of anilines is 1. The third-order valence-electron chi connectivity index (χ3n) is 2.36. The van der Waals surface area contributed by atoms with Crippen LogP contribution in [0.1, 0.15) is 10.4 Å². The number of hydrogen-bond acceptors (Lipinski definition) is 1. The molecule has 2 nitrogen and oxygen atoms in total. The van der Waals surface area contributed by atoms with E-state index < -0.39 is 5.82 Å². The first-order chi connectivity index (χ1) is 8.99. The van der Waals surface area contributed by atoms with E-state index in [1.54, 1.807) is 24.3 Å². The molecule has 0 spiro atoms. The molecule has 0 fully saturated rings. The second-order valence-corrected chi connectivity index (χ2v) is 5.36. The second-order valence-electron chi connectivity index (χ2n) is 3.69. The van der Waals surface area contributed by atoms with Crippen molar-refractivity contribution < 1.29 is 9.18 Å². The molecule has 1 N–H and O–H groups in total. The standard InChI is InChI=1S/C13H7BrCl2FNO/c14-9-4-2-1-3-8(9)13(19)18-7-5-10(15)12(17)11(16)6-7/h1-6H,(H,18,19). The van der Waals surface area contributed by atoms with E-state index in [9.17, 15) is 9.18 Å². The summed E-state index contributed by atoms with van der Waals surface area (Å²) in [5.74, 6) is -1.05. The molecule has 0 atom stereocenters. The largest absolute Gasteiger partial charge is 0.322 e. The van der Waals surface area contributed by atoms with Crippen molar-refractivity contribution in [3.63, 3.8) is 0 Å². The van der Waals surface area contributed by atoms with Crippen molar-refractivity contribution in [1.82, 2.24) is 0 Å². The average molecular weight is 363 g/mol. The van der Waals surface area contributed by atoms with Crippen LogP contribution in [0.15, 0.2) is 40.9 Å². The van der Waals surface area contributed by atoms with Crippen LogP contribution in [0.4, 0.5) is 10.1 Å². The van der Waals surface area contributed by atoms with E-state index in [0.717, 1.165) is 0 Å². The van der Waals surface area contributed by atoms with Crippen LogP contribution >= 0.6 is 39.1 Å². The molecule has 0 bridgehead atoms. The fourth-order valence-electron chi connectivity index (χ4n) is 1.47. The Bertz CT molecular complexity index is 625. The monoisotopic (exact) mass is 361 g/mol. The summed E-state index contributed by atoms with van der Waals surface area (Å²) < 4.78 is 13.9. The van der Waals surface area contributed by atoms with E-state index in [1.165, 1.54) is 12.1 Å². The van der Waals surface area contributed by atoms with Gasteiger partial charge in [0.05, 0.1) is 15.6 Å². The van der Waals surface area contributed by atoms with E-state index in [2.05, 4.69) is 21.2 Å². The molecule has 0 aliphatic heterocycles. The third kappa shape index (κ3) is 3.26. The Morgan fingerprint density at radius 2 is 1.74 bits per heavy atom. The van der Waals surface area contributed by atoms with Gasteiger partial charge in [-0.1, -0.05) is 35.3 Å². The summed E-state index contributed by atoms with van der Waals surface area (Å²) in [6.07, 6.45) is 0. The van der Waals surface area contributed by atoms with Gasteiger partial charge in [0.1, 0.15) is 0 Å². The predicted molar refractivity (Wildman–Crippen MR) is 78.5 cm³/mol. The first-order valence-electron chi connectivity index (χ1n) is 5.19. The van der Waals surface area contributed by atoms with Crippen LogP contribution in [-0.2, 0) is 0 Å². The highest BCUT2D eigenvalue weighted by atomic mass is 79.9. The molecule has 2 rings (SSSR count). The zero-order valence-corrected chi connectivity index (χ0v) is 12.5. The van der Waals surface area contributed by atoms with E-state index in [0.29, 0.717) is 15.7 Å². The molecule has 0 aromatic heterocycles. The van der Waals surface area contributed by atoms with Gasteiger partial charge in [-0.25, -0.2) is 4.39 Å². The van der Waals surface area contributed by atoms with E-state index >= 15 is 0 Å². The molecule has 2 aromatic carbocycles. The molecular weight excluding hydrogens is 356 g/mol. The number of hydrogen-bond donors (Lipinski definition) is 1.